The quantitative estimate of drug-likeness (QED) is 0.620. The number of methoxy groups -OCH3 is 2. The molecular weight excluding hydrogens is 296 g/mol. The van der Waals surface area contributed by atoms with Gasteiger partial charge >= 0.3 is 0 Å². The first kappa shape index (κ1) is 14.8. The third-order valence-corrected chi connectivity index (χ3v) is 4.78. The van der Waals surface area contributed by atoms with Crippen molar-refractivity contribution >= 4 is 10.8 Å². The molecule has 4 rings (SSSR count). The van der Waals surface area contributed by atoms with E-state index in [1.54, 1.807) is 14.2 Å². The van der Waals surface area contributed by atoms with Crippen molar-refractivity contribution in [1.82, 2.24) is 0 Å². The molecule has 0 aromatic heterocycles. The van der Waals surface area contributed by atoms with Gasteiger partial charge in [0.05, 0.1) is 14.2 Å². The van der Waals surface area contributed by atoms with Crippen LogP contribution in [-0.4, -0.2) is 14.2 Å². The zero-order chi connectivity index (χ0) is 16.5. The lowest BCUT2D eigenvalue weighted by molar-refractivity contribution is 0.410. The summed E-state index contributed by atoms with van der Waals surface area (Å²) in [5.41, 5.74) is 4.99. The second kappa shape index (κ2) is 6.04. The summed E-state index contributed by atoms with van der Waals surface area (Å²) in [6.45, 7) is 0. The number of rotatable bonds is 3. The largest absolute Gasteiger partial charge is 0.496 e. The molecule has 2 nitrogen and oxygen atoms in total. The van der Waals surface area contributed by atoms with Crippen LogP contribution in [0.3, 0.4) is 0 Å². The Hall–Kier alpha value is -2.74. The van der Waals surface area contributed by atoms with E-state index < -0.39 is 0 Å². The van der Waals surface area contributed by atoms with Crippen molar-refractivity contribution in [3.05, 3.63) is 71.8 Å². The van der Waals surface area contributed by atoms with Crippen LogP contribution in [0.4, 0.5) is 0 Å². The Labute approximate surface area is 142 Å². The summed E-state index contributed by atoms with van der Waals surface area (Å²) in [5.74, 6) is 1.79. The van der Waals surface area contributed by atoms with Crippen molar-refractivity contribution in [2.24, 2.45) is 0 Å². The minimum atomic E-state index is 0.884. The molecule has 0 N–H and O–H groups in total. The molecule has 0 unspecified atom stereocenters. The molecule has 0 amide bonds. The van der Waals surface area contributed by atoms with E-state index in [9.17, 15) is 0 Å². The summed E-state index contributed by atoms with van der Waals surface area (Å²) in [4.78, 5) is 0. The minimum absolute atomic E-state index is 0.884. The molecule has 120 valence electrons. The van der Waals surface area contributed by atoms with Crippen LogP contribution < -0.4 is 9.47 Å². The van der Waals surface area contributed by atoms with Crippen LogP contribution in [0, 0.1) is 0 Å². The number of allylic oxidation sites excluding steroid dienone is 2. The fourth-order valence-corrected chi connectivity index (χ4v) is 3.63. The van der Waals surface area contributed by atoms with Crippen LogP contribution in [-0.2, 0) is 12.8 Å². The molecule has 0 fully saturated rings. The Balaban J connectivity index is 2.12. The third-order valence-electron chi connectivity index (χ3n) is 4.78. The number of hydrogen-bond acceptors (Lipinski definition) is 2. The van der Waals surface area contributed by atoms with E-state index in [2.05, 4.69) is 60.7 Å². The monoisotopic (exact) mass is 316 g/mol. The first-order chi connectivity index (χ1) is 11.8. The van der Waals surface area contributed by atoms with Crippen LogP contribution in [0.2, 0.25) is 0 Å². The molecule has 0 radical (unpaired) electrons. The molecule has 0 aliphatic heterocycles. The highest BCUT2D eigenvalue weighted by atomic mass is 16.5. The van der Waals surface area contributed by atoms with Crippen LogP contribution in [0.5, 0.6) is 11.5 Å². The lowest BCUT2D eigenvalue weighted by Gasteiger charge is -2.22. The molecule has 0 atom stereocenters. The maximum atomic E-state index is 5.73. The maximum absolute atomic E-state index is 5.73. The molecular formula is C22H20O2. The van der Waals surface area contributed by atoms with E-state index in [0.717, 1.165) is 35.5 Å². The first-order valence-corrected chi connectivity index (χ1v) is 8.23. The molecule has 2 heteroatoms. The van der Waals surface area contributed by atoms with E-state index >= 15 is 0 Å². The highest BCUT2D eigenvalue weighted by Crippen LogP contribution is 2.45. The molecule has 24 heavy (non-hydrogen) atoms. The fraction of sp³-hybridized carbons (Fsp3) is 0.182. The van der Waals surface area contributed by atoms with Crippen molar-refractivity contribution in [1.29, 1.82) is 0 Å². The van der Waals surface area contributed by atoms with Crippen molar-refractivity contribution < 1.29 is 9.47 Å². The summed E-state index contributed by atoms with van der Waals surface area (Å²) < 4.78 is 11.5. The Morgan fingerprint density at radius 2 is 1.42 bits per heavy atom. The molecule has 3 aromatic rings. The topological polar surface area (TPSA) is 18.5 Å². The van der Waals surface area contributed by atoms with E-state index in [4.69, 9.17) is 9.47 Å². The second-order valence-corrected chi connectivity index (χ2v) is 6.02. The lowest BCUT2D eigenvalue weighted by atomic mass is 9.86. The highest BCUT2D eigenvalue weighted by molar-refractivity contribution is 6.02. The standard InChI is InChI=1S/C22H20O2/c1-23-19-13-11-15-7-3-5-9-17(15)21(19)22-18-10-6-4-8-16(18)12-14-20(22)24-2/h3-7,9,11-14H,8,10H2,1-2H3. The van der Waals surface area contributed by atoms with Crippen molar-refractivity contribution in [3.8, 4) is 22.6 Å². The smallest absolute Gasteiger partial charge is 0.127 e. The molecule has 1 aliphatic rings. The van der Waals surface area contributed by atoms with Crippen LogP contribution in [0.1, 0.15) is 11.1 Å². The maximum Gasteiger partial charge on any atom is 0.127 e. The summed E-state index contributed by atoms with van der Waals surface area (Å²) >= 11 is 0. The van der Waals surface area contributed by atoms with Gasteiger partial charge in [0, 0.05) is 11.1 Å². The minimum Gasteiger partial charge on any atom is -0.496 e. The van der Waals surface area contributed by atoms with Crippen LogP contribution in [0.25, 0.3) is 21.9 Å². The average Bonchev–Trinajstić information content (AvgIpc) is 2.66. The Morgan fingerprint density at radius 3 is 2.25 bits per heavy atom. The van der Waals surface area contributed by atoms with Crippen molar-refractivity contribution in [2.45, 2.75) is 12.8 Å². The number of hydrogen-bond donors (Lipinski definition) is 0. The highest BCUT2D eigenvalue weighted by Gasteiger charge is 2.21. The van der Waals surface area contributed by atoms with E-state index in [-0.39, 0.29) is 0 Å². The number of benzene rings is 3. The zero-order valence-corrected chi connectivity index (χ0v) is 14.0. The number of fused-ring (bicyclic) bond motifs is 2. The summed E-state index contributed by atoms with van der Waals surface area (Å²) in [6, 6.07) is 16.9. The zero-order valence-electron chi connectivity index (χ0n) is 14.0. The van der Waals surface area contributed by atoms with Gasteiger partial charge < -0.3 is 9.47 Å². The van der Waals surface area contributed by atoms with Gasteiger partial charge in [0.1, 0.15) is 11.5 Å². The van der Waals surface area contributed by atoms with Crippen LogP contribution in [0.15, 0.2) is 60.7 Å². The Bertz CT molecular complexity index is 938. The van der Waals surface area contributed by atoms with Gasteiger partial charge in [0.2, 0.25) is 0 Å². The number of ether oxygens (including phenoxy) is 2. The average molecular weight is 316 g/mol. The molecule has 0 spiro atoms. The van der Waals surface area contributed by atoms with E-state index in [1.807, 2.05) is 0 Å². The molecule has 1 aliphatic carbocycles. The van der Waals surface area contributed by atoms with Gasteiger partial charge in [-0.05, 0) is 46.9 Å². The summed E-state index contributed by atoms with van der Waals surface area (Å²) in [6.07, 6.45) is 6.37. The van der Waals surface area contributed by atoms with Gasteiger partial charge in [-0.3, -0.25) is 0 Å². The SMILES string of the molecule is COc1ccc2c(c1-c1c(OC)ccc3ccccc13)CC=CC2. The predicted molar refractivity (Wildman–Crippen MR) is 99.0 cm³/mol. The van der Waals surface area contributed by atoms with Crippen LogP contribution >= 0.6 is 0 Å². The van der Waals surface area contributed by atoms with E-state index in [1.165, 1.54) is 21.9 Å². The first-order valence-electron chi connectivity index (χ1n) is 8.23. The normalized spacial score (nSPS) is 12.9. The summed E-state index contributed by atoms with van der Waals surface area (Å²) in [5, 5.41) is 2.40. The van der Waals surface area contributed by atoms with Gasteiger partial charge in [-0.2, -0.15) is 0 Å². The third kappa shape index (κ3) is 2.26. The molecule has 0 saturated heterocycles. The Morgan fingerprint density at radius 1 is 0.708 bits per heavy atom. The van der Waals surface area contributed by atoms with Gasteiger partial charge in [0.15, 0.2) is 0 Å². The Kier molecular flexibility index (Phi) is 3.73. The van der Waals surface area contributed by atoms with Crippen molar-refractivity contribution in [3.63, 3.8) is 0 Å². The van der Waals surface area contributed by atoms with E-state index in [0.29, 0.717) is 0 Å². The molecule has 3 aromatic carbocycles. The molecule has 0 bridgehead atoms. The predicted octanol–water partition coefficient (Wildman–Crippen LogP) is 5.18. The molecule has 0 heterocycles. The van der Waals surface area contributed by atoms with Gasteiger partial charge in [-0.1, -0.05) is 48.6 Å². The van der Waals surface area contributed by atoms with Gasteiger partial charge in [-0.15, -0.1) is 0 Å². The van der Waals surface area contributed by atoms with Gasteiger partial charge in [0.25, 0.3) is 0 Å². The lowest BCUT2D eigenvalue weighted by Crippen LogP contribution is -2.03. The van der Waals surface area contributed by atoms with Crippen molar-refractivity contribution in [2.75, 3.05) is 14.2 Å². The fourth-order valence-electron chi connectivity index (χ4n) is 3.63. The molecule has 0 saturated carbocycles. The van der Waals surface area contributed by atoms with Gasteiger partial charge in [-0.25, -0.2) is 0 Å². The second-order valence-electron chi connectivity index (χ2n) is 6.02. The summed E-state index contributed by atoms with van der Waals surface area (Å²) in [7, 11) is 3.47.